The molecule has 0 spiro atoms. The van der Waals surface area contributed by atoms with Gasteiger partial charge < -0.3 is 14.4 Å². The number of hydrogen-bond donors (Lipinski definition) is 0. The maximum atomic E-state index is 12.4. The van der Waals surface area contributed by atoms with Crippen LogP contribution in [0.25, 0.3) is 6.08 Å². The monoisotopic (exact) mass is 357 g/mol. The van der Waals surface area contributed by atoms with E-state index in [0.717, 1.165) is 29.9 Å². The first-order valence-electron chi connectivity index (χ1n) is 8.08. The van der Waals surface area contributed by atoms with Crippen LogP contribution >= 0.6 is 11.6 Å². The van der Waals surface area contributed by atoms with Crippen molar-refractivity contribution in [2.75, 3.05) is 20.8 Å². The fourth-order valence-corrected chi connectivity index (χ4v) is 3.00. The molecule has 0 bridgehead atoms. The van der Waals surface area contributed by atoms with E-state index in [2.05, 4.69) is 6.07 Å². The number of halogens is 1. The Kier molecular flexibility index (Phi) is 5.29. The zero-order valence-electron chi connectivity index (χ0n) is 14.3. The van der Waals surface area contributed by atoms with Crippen LogP contribution in [0.1, 0.15) is 16.7 Å². The minimum Gasteiger partial charge on any atom is -0.496 e. The van der Waals surface area contributed by atoms with Gasteiger partial charge in [-0.25, -0.2) is 0 Å². The number of carbonyl (C=O) groups excluding carboxylic acids is 1. The van der Waals surface area contributed by atoms with Crippen molar-refractivity contribution in [3.63, 3.8) is 0 Å². The number of benzene rings is 2. The molecule has 5 heteroatoms. The molecule has 0 radical (unpaired) electrons. The number of ether oxygens (including phenoxy) is 2. The molecular weight excluding hydrogens is 338 g/mol. The minimum absolute atomic E-state index is 0.0845. The highest BCUT2D eigenvalue weighted by molar-refractivity contribution is 6.30. The molecule has 2 aromatic rings. The summed E-state index contributed by atoms with van der Waals surface area (Å²) in [5.41, 5.74) is 3.05. The SMILES string of the molecule is COc1ccc(Cl)cc1CN(C)C(=O)/C=C/c1ccc2c(c1)CCO2. The first kappa shape index (κ1) is 17.4. The summed E-state index contributed by atoms with van der Waals surface area (Å²) in [6.07, 6.45) is 4.32. The Bertz CT molecular complexity index is 817. The van der Waals surface area contributed by atoms with E-state index in [9.17, 15) is 4.79 Å². The van der Waals surface area contributed by atoms with Gasteiger partial charge in [-0.15, -0.1) is 0 Å². The lowest BCUT2D eigenvalue weighted by atomic mass is 10.1. The number of carbonyl (C=O) groups is 1. The van der Waals surface area contributed by atoms with Crippen LogP contribution in [0.5, 0.6) is 11.5 Å². The predicted octanol–water partition coefficient (Wildman–Crippen LogP) is 3.96. The van der Waals surface area contributed by atoms with Crippen LogP contribution in [0.3, 0.4) is 0 Å². The first-order valence-corrected chi connectivity index (χ1v) is 8.46. The molecule has 0 N–H and O–H groups in total. The molecule has 0 saturated heterocycles. The molecule has 0 unspecified atom stereocenters. The summed E-state index contributed by atoms with van der Waals surface area (Å²) in [6.45, 7) is 1.15. The Balaban J connectivity index is 1.67. The van der Waals surface area contributed by atoms with Crippen molar-refractivity contribution in [2.45, 2.75) is 13.0 Å². The van der Waals surface area contributed by atoms with Gasteiger partial charge in [0.2, 0.25) is 5.91 Å². The van der Waals surface area contributed by atoms with E-state index < -0.39 is 0 Å². The van der Waals surface area contributed by atoms with Crippen LogP contribution in [0.15, 0.2) is 42.5 Å². The first-order chi connectivity index (χ1) is 12.1. The van der Waals surface area contributed by atoms with Crippen LogP contribution in [-0.4, -0.2) is 31.6 Å². The number of rotatable bonds is 5. The van der Waals surface area contributed by atoms with Gasteiger partial charge in [0.15, 0.2) is 0 Å². The summed E-state index contributed by atoms with van der Waals surface area (Å²) in [5.74, 6) is 1.57. The van der Waals surface area contributed by atoms with Gasteiger partial charge in [-0.2, -0.15) is 0 Å². The lowest BCUT2D eigenvalue weighted by Crippen LogP contribution is -2.24. The quantitative estimate of drug-likeness (QED) is 0.760. The average molecular weight is 358 g/mol. The second-order valence-electron chi connectivity index (χ2n) is 5.95. The van der Waals surface area contributed by atoms with Crippen molar-refractivity contribution in [1.82, 2.24) is 4.90 Å². The van der Waals surface area contributed by atoms with Crippen molar-refractivity contribution in [1.29, 1.82) is 0 Å². The van der Waals surface area contributed by atoms with Gasteiger partial charge in [0, 0.05) is 36.7 Å². The minimum atomic E-state index is -0.0845. The number of amides is 1. The lowest BCUT2D eigenvalue weighted by Gasteiger charge is -2.17. The topological polar surface area (TPSA) is 38.8 Å². The molecule has 1 heterocycles. The van der Waals surface area contributed by atoms with E-state index in [1.54, 1.807) is 37.3 Å². The van der Waals surface area contributed by atoms with E-state index in [4.69, 9.17) is 21.1 Å². The number of fused-ring (bicyclic) bond motifs is 1. The second kappa shape index (κ2) is 7.62. The molecule has 25 heavy (non-hydrogen) atoms. The van der Waals surface area contributed by atoms with Gasteiger partial charge in [0.25, 0.3) is 0 Å². The maximum absolute atomic E-state index is 12.4. The molecule has 0 atom stereocenters. The number of hydrogen-bond acceptors (Lipinski definition) is 3. The third-order valence-electron chi connectivity index (χ3n) is 4.16. The Hall–Kier alpha value is -2.46. The fourth-order valence-electron chi connectivity index (χ4n) is 2.81. The summed E-state index contributed by atoms with van der Waals surface area (Å²) in [5, 5.41) is 0.618. The van der Waals surface area contributed by atoms with Crippen molar-refractivity contribution in [3.8, 4) is 11.5 Å². The third kappa shape index (κ3) is 4.15. The van der Waals surface area contributed by atoms with Gasteiger partial charge in [0.05, 0.1) is 13.7 Å². The molecule has 1 amide bonds. The van der Waals surface area contributed by atoms with Gasteiger partial charge in [-0.3, -0.25) is 4.79 Å². The van der Waals surface area contributed by atoms with Crippen molar-refractivity contribution < 1.29 is 14.3 Å². The molecule has 1 aliphatic rings. The van der Waals surface area contributed by atoms with E-state index in [0.29, 0.717) is 17.3 Å². The average Bonchev–Trinajstić information content (AvgIpc) is 3.07. The smallest absolute Gasteiger partial charge is 0.246 e. The van der Waals surface area contributed by atoms with Crippen molar-refractivity contribution in [2.24, 2.45) is 0 Å². The van der Waals surface area contributed by atoms with E-state index in [-0.39, 0.29) is 5.91 Å². The molecule has 3 rings (SSSR count). The van der Waals surface area contributed by atoms with E-state index in [1.807, 2.05) is 24.3 Å². The van der Waals surface area contributed by atoms with Gasteiger partial charge >= 0.3 is 0 Å². The van der Waals surface area contributed by atoms with Crippen LogP contribution in [0.4, 0.5) is 0 Å². The molecular formula is C20H20ClNO3. The normalized spacial score (nSPS) is 12.8. The molecule has 130 valence electrons. The van der Waals surface area contributed by atoms with Crippen LogP contribution in [-0.2, 0) is 17.8 Å². The summed E-state index contributed by atoms with van der Waals surface area (Å²) in [7, 11) is 3.36. The van der Waals surface area contributed by atoms with Crippen molar-refractivity contribution >= 4 is 23.6 Å². The highest BCUT2D eigenvalue weighted by atomic mass is 35.5. The van der Waals surface area contributed by atoms with Gasteiger partial charge in [-0.1, -0.05) is 17.7 Å². The zero-order valence-corrected chi connectivity index (χ0v) is 15.0. The van der Waals surface area contributed by atoms with Crippen molar-refractivity contribution in [3.05, 3.63) is 64.2 Å². The van der Waals surface area contributed by atoms with Crippen LogP contribution < -0.4 is 9.47 Å². The Labute approximate surface area is 152 Å². The zero-order chi connectivity index (χ0) is 17.8. The molecule has 4 nitrogen and oxygen atoms in total. The largest absolute Gasteiger partial charge is 0.496 e. The second-order valence-corrected chi connectivity index (χ2v) is 6.39. The predicted molar refractivity (Wildman–Crippen MR) is 99.2 cm³/mol. The Morgan fingerprint density at radius 2 is 2.16 bits per heavy atom. The summed E-state index contributed by atoms with van der Waals surface area (Å²) >= 11 is 6.04. The molecule has 2 aromatic carbocycles. The fraction of sp³-hybridized carbons (Fsp3) is 0.250. The Morgan fingerprint density at radius 3 is 2.96 bits per heavy atom. The number of likely N-dealkylation sites (N-methyl/N-ethyl adjacent to an activating group) is 1. The number of nitrogens with zero attached hydrogens (tertiary/aromatic N) is 1. The Morgan fingerprint density at radius 1 is 1.32 bits per heavy atom. The van der Waals surface area contributed by atoms with Crippen LogP contribution in [0, 0.1) is 0 Å². The highest BCUT2D eigenvalue weighted by Crippen LogP contribution is 2.26. The third-order valence-corrected chi connectivity index (χ3v) is 4.39. The number of methoxy groups -OCH3 is 1. The highest BCUT2D eigenvalue weighted by Gasteiger charge is 2.12. The molecule has 0 saturated carbocycles. The van der Waals surface area contributed by atoms with E-state index >= 15 is 0 Å². The summed E-state index contributed by atoms with van der Waals surface area (Å²) < 4.78 is 10.8. The van der Waals surface area contributed by atoms with E-state index in [1.165, 1.54) is 5.56 Å². The molecule has 0 fully saturated rings. The lowest BCUT2D eigenvalue weighted by molar-refractivity contribution is -0.125. The summed E-state index contributed by atoms with van der Waals surface area (Å²) in [6, 6.07) is 11.4. The molecule has 0 aromatic heterocycles. The maximum Gasteiger partial charge on any atom is 0.246 e. The molecule has 0 aliphatic carbocycles. The van der Waals surface area contributed by atoms with Gasteiger partial charge in [0.1, 0.15) is 11.5 Å². The molecule has 1 aliphatic heterocycles. The summed E-state index contributed by atoms with van der Waals surface area (Å²) in [4.78, 5) is 14.0. The van der Waals surface area contributed by atoms with Gasteiger partial charge in [-0.05, 0) is 47.5 Å². The van der Waals surface area contributed by atoms with Crippen LogP contribution in [0.2, 0.25) is 5.02 Å². The standard InChI is InChI=1S/C20H20ClNO3/c1-22(13-16-12-17(21)5-7-18(16)24-2)20(23)8-4-14-3-6-19-15(11-14)9-10-25-19/h3-8,11-12H,9-10,13H2,1-2H3/b8-4+.